The molecule has 2 N–H and O–H groups in total. The predicted octanol–water partition coefficient (Wildman–Crippen LogP) is 1.27. The van der Waals surface area contributed by atoms with Gasteiger partial charge in [0.1, 0.15) is 5.41 Å². The molecule has 0 saturated carbocycles. The number of sulfonamides is 1. The minimum atomic E-state index is -3.19. The number of carboxylic acids is 1. The molecular formula is C15H20N2O5S. The number of carbonyl (C=O) groups is 2. The lowest BCUT2D eigenvalue weighted by molar-refractivity contribution is -0.151. The SMILES string of the molecule is CC(C)(C(=O)O)C(=O)Nc1cccc(CN2CCCS2(=O)=O)c1. The Morgan fingerprint density at radius 3 is 2.61 bits per heavy atom. The normalized spacial score (nSPS) is 17.8. The molecule has 1 aromatic carbocycles. The molecule has 1 amide bonds. The first-order valence-electron chi connectivity index (χ1n) is 7.24. The van der Waals surface area contributed by atoms with Crippen LogP contribution in [0.5, 0.6) is 0 Å². The van der Waals surface area contributed by atoms with E-state index in [0.717, 1.165) is 5.56 Å². The second kappa shape index (κ2) is 6.29. The molecule has 0 atom stereocenters. The fourth-order valence-corrected chi connectivity index (χ4v) is 3.71. The second-order valence-electron chi connectivity index (χ2n) is 6.09. The zero-order valence-electron chi connectivity index (χ0n) is 13.1. The Bertz CT molecular complexity index is 727. The number of nitrogens with zero attached hydrogens (tertiary/aromatic N) is 1. The summed E-state index contributed by atoms with van der Waals surface area (Å²) in [6.45, 7) is 3.38. The predicted molar refractivity (Wildman–Crippen MR) is 85.3 cm³/mol. The number of anilines is 1. The van der Waals surface area contributed by atoms with Gasteiger partial charge in [-0.1, -0.05) is 12.1 Å². The van der Waals surface area contributed by atoms with Crippen LogP contribution in [-0.2, 0) is 26.2 Å². The van der Waals surface area contributed by atoms with Crippen LogP contribution in [0.1, 0.15) is 25.8 Å². The Hall–Kier alpha value is -1.93. The molecule has 0 radical (unpaired) electrons. The van der Waals surface area contributed by atoms with Crippen molar-refractivity contribution in [3.63, 3.8) is 0 Å². The van der Waals surface area contributed by atoms with E-state index in [9.17, 15) is 18.0 Å². The number of hydrogen-bond acceptors (Lipinski definition) is 4. The summed E-state index contributed by atoms with van der Waals surface area (Å²) in [4.78, 5) is 23.1. The molecule has 1 aromatic rings. The molecule has 1 saturated heterocycles. The molecule has 0 unspecified atom stereocenters. The first kappa shape index (κ1) is 17.4. The molecule has 2 rings (SSSR count). The standard InChI is InChI=1S/C15H20N2O5S/c1-15(2,14(19)20)13(18)16-12-6-3-5-11(9-12)10-17-7-4-8-23(17,21)22/h3,5-6,9H,4,7-8,10H2,1-2H3,(H,16,18)(H,19,20). The Kier molecular flexibility index (Phi) is 4.76. The molecular weight excluding hydrogens is 320 g/mol. The van der Waals surface area contributed by atoms with Gasteiger partial charge in [0, 0.05) is 18.8 Å². The molecule has 23 heavy (non-hydrogen) atoms. The molecule has 0 bridgehead atoms. The van der Waals surface area contributed by atoms with E-state index in [1.54, 1.807) is 24.3 Å². The fourth-order valence-electron chi connectivity index (χ4n) is 2.20. The smallest absolute Gasteiger partial charge is 0.318 e. The van der Waals surface area contributed by atoms with E-state index in [1.807, 2.05) is 0 Å². The van der Waals surface area contributed by atoms with Crippen LogP contribution >= 0.6 is 0 Å². The third-order valence-electron chi connectivity index (χ3n) is 3.85. The lowest BCUT2D eigenvalue weighted by Crippen LogP contribution is -2.37. The summed E-state index contributed by atoms with van der Waals surface area (Å²) in [5.74, 6) is -1.68. The molecule has 0 spiro atoms. The van der Waals surface area contributed by atoms with Gasteiger partial charge in [-0.2, -0.15) is 4.31 Å². The summed E-state index contributed by atoms with van der Waals surface area (Å²) < 4.78 is 25.1. The Morgan fingerprint density at radius 2 is 2.04 bits per heavy atom. The summed E-state index contributed by atoms with van der Waals surface area (Å²) in [5.41, 5.74) is -0.367. The van der Waals surface area contributed by atoms with Gasteiger partial charge in [-0.3, -0.25) is 9.59 Å². The summed E-state index contributed by atoms with van der Waals surface area (Å²) >= 11 is 0. The molecule has 1 aliphatic rings. The van der Waals surface area contributed by atoms with Gasteiger partial charge < -0.3 is 10.4 Å². The van der Waals surface area contributed by atoms with E-state index in [4.69, 9.17) is 5.11 Å². The van der Waals surface area contributed by atoms with Gasteiger partial charge in [-0.25, -0.2) is 8.42 Å². The van der Waals surface area contributed by atoms with Crippen LogP contribution in [0.2, 0.25) is 0 Å². The van der Waals surface area contributed by atoms with E-state index in [2.05, 4.69) is 5.32 Å². The maximum atomic E-state index is 12.0. The van der Waals surface area contributed by atoms with Gasteiger partial charge >= 0.3 is 5.97 Å². The third-order valence-corrected chi connectivity index (χ3v) is 5.75. The first-order chi connectivity index (χ1) is 10.6. The van der Waals surface area contributed by atoms with Crippen LogP contribution in [0.25, 0.3) is 0 Å². The number of hydrogen-bond donors (Lipinski definition) is 2. The number of nitrogens with one attached hydrogen (secondary N) is 1. The van der Waals surface area contributed by atoms with Crippen LogP contribution in [0.15, 0.2) is 24.3 Å². The van der Waals surface area contributed by atoms with Crippen LogP contribution in [-0.4, -0.2) is 42.0 Å². The molecule has 8 heteroatoms. The minimum Gasteiger partial charge on any atom is -0.480 e. The fraction of sp³-hybridized carbons (Fsp3) is 0.467. The van der Waals surface area contributed by atoms with Crippen LogP contribution in [0, 0.1) is 5.41 Å². The lowest BCUT2D eigenvalue weighted by Gasteiger charge is -2.19. The Morgan fingerprint density at radius 1 is 1.35 bits per heavy atom. The van der Waals surface area contributed by atoms with Crippen LogP contribution in [0.3, 0.4) is 0 Å². The molecule has 7 nitrogen and oxygen atoms in total. The van der Waals surface area contributed by atoms with E-state index < -0.39 is 27.3 Å². The monoisotopic (exact) mass is 340 g/mol. The van der Waals surface area contributed by atoms with Gasteiger partial charge in [0.25, 0.3) is 0 Å². The zero-order valence-corrected chi connectivity index (χ0v) is 13.9. The average molecular weight is 340 g/mol. The number of amides is 1. The molecule has 1 aliphatic heterocycles. The van der Waals surface area contributed by atoms with Gasteiger partial charge in [0.15, 0.2) is 0 Å². The topological polar surface area (TPSA) is 104 Å². The lowest BCUT2D eigenvalue weighted by atomic mass is 9.92. The van der Waals surface area contributed by atoms with Gasteiger partial charge in [-0.05, 0) is 38.0 Å². The number of rotatable bonds is 5. The number of carbonyl (C=O) groups excluding carboxylic acids is 1. The van der Waals surface area contributed by atoms with Crippen molar-refractivity contribution >= 4 is 27.6 Å². The maximum Gasteiger partial charge on any atom is 0.318 e. The highest BCUT2D eigenvalue weighted by Crippen LogP contribution is 2.22. The molecule has 0 aromatic heterocycles. The van der Waals surface area contributed by atoms with Crippen molar-refractivity contribution in [2.45, 2.75) is 26.8 Å². The highest BCUT2D eigenvalue weighted by Gasteiger charge is 2.36. The molecule has 1 heterocycles. The van der Waals surface area contributed by atoms with Crippen LogP contribution in [0.4, 0.5) is 5.69 Å². The van der Waals surface area contributed by atoms with E-state index >= 15 is 0 Å². The van der Waals surface area contributed by atoms with Crippen molar-refractivity contribution in [2.75, 3.05) is 17.6 Å². The number of benzene rings is 1. The van der Waals surface area contributed by atoms with E-state index in [-0.39, 0.29) is 12.3 Å². The third kappa shape index (κ3) is 3.89. The highest BCUT2D eigenvalue weighted by molar-refractivity contribution is 7.89. The van der Waals surface area contributed by atoms with Crippen molar-refractivity contribution in [3.05, 3.63) is 29.8 Å². The molecule has 1 fully saturated rings. The van der Waals surface area contributed by atoms with Gasteiger partial charge in [-0.15, -0.1) is 0 Å². The van der Waals surface area contributed by atoms with Crippen LogP contribution < -0.4 is 5.32 Å². The summed E-state index contributed by atoms with van der Waals surface area (Å²) in [6.07, 6.45) is 0.617. The van der Waals surface area contributed by atoms with E-state index in [0.29, 0.717) is 18.7 Å². The highest BCUT2D eigenvalue weighted by atomic mass is 32.2. The molecule has 126 valence electrons. The Balaban J connectivity index is 2.11. The summed E-state index contributed by atoms with van der Waals surface area (Å²) in [7, 11) is -3.19. The maximum absolute atomic E-state index is 12.0. The van der Waals surface area contributed by atoms with Crippen molar-refractivity contribution in [1.82, 2.24) is 4.31 Å². The minimum absolute atomic E-state index is 0.163. The van der Waals surface area contributed by atoms with Crippen molar-refractivity contribution in [2.24, 2.45) is 5.41 Å². The number of carboxylic acid groups (broad SMARTS) is 1. The molecule has 0 aliphatic carbocycles. The first-order valence-corrected chi connectivity index (χ1v) is 8.85. The van der Waals surface area contributed by atoms with Gasteiger partial charge in [0.2, 0.25) is 15.9 Å². The summed E-state index contributed by atoms with van der Waals surface area (Å²) in [6, 6.07) is 6.76. The van der Waals surface area contributed by atoms with Crippen molar-refractivity contribution in [3.8, 4) is 0 Å². The Labute approximate surface area is 135 Å². The van der Waals surface area contributed by atoms with E-state index in [1.165, 1.54) is 18.2 Å². The zero-order chi connectivity index (χ0) is 17.3. The number of aliphatic carboxylic acids is 1. The van der Waals surface area contributed by atoms with Crippen molar-refractivity contribution in [1.29, 1.82) is 0 Å². The average Bonchev–Trinajstić information content (AvgIpc) is 2.78. The van der Waals surface area contributed by atoms with Crippen molar-refractivity contribution < 1.29 is 23.1 Å². The van der Waals surface area contributed by atoms with Gasteiger partial charge in [0.05, 0.1) is 5.75 Å². The second-order valence-corrected chi connectivity index (χ2v) is 8.18. The quantitative estimate of drug-likeness (QED) is 0.786. The largest absolute Gasteiger partial charge is 0.480 e. The summed E-state index contributed by atoms with van der Waals surface area (Å²) in [5, 5.41) is 11.6.